The minimum absolute atomic E-state index is 0.375. The number of unbranched alkanes of at least 4 members (excludes halogenated alkanes) is 1. The van der Waals surface area contributed by atoms with Crippen LogP contribution in [0.1, 0.15) is 30.1 Å². The molecule has 0 saturated carbocycles. The summed E-state index contributed by atoms with van der Waals surface area (Å²) in [7, 11) is 0. The van der Waals surface area contributed by atoms with Crippen molar-refractivity contribution in [3.63, 3.8) is 0 Å². The predicted molar refractivity (Wildman–Crippen MR) is 81.5 cm³/mol. The highest BCUT2D eigenvalue weighted by atomic mass is 32.1. The van der Waals surface area contributed by atoms with E-state index in [2.05, 4.69) is 35.6 Å². The van der Waals surface area contributed by atoms with Gasteiger partial charge in [-0.1, -0.05) is 30.3 Å². The number of rotatable bonds is 8. The quantitative estimate of drug-likeness (QED) is 0.724. The van der Waals surface area contributed by atoms with Gasteiger partial charge in [-0.3, -0.25) is 0 Å². The third kappa shape index (κ3) is 5.15. The van der Waals surface area contributed by atoms with Crippen molar-refractivity contribution in [2.45, 2.75) is 25.4 Å². The van der Waals surface area contributed by atoms with Gasteiger partial charge < -0.3 is 10.4 Å². The van der Waals surface area contributed by atoms with Gasteiger partial charge in [0.15, 0.2) is 0 Å². The predicted octanol–water partition coefficient (Wildman–Crippen LogP) is 3.39. The maximum atomic E-state index is 9.89. The van der Waals surface area contributed by atoms with Crippen molar-refractivity contribution in [3.05, 3.63) is 58.3 Å². The van der Waals surface area contributed by atoms with E-state index in [4.69, 9.17) is 0 Å². The molecule has 0 aliphatic rings. The molecule has 3 heteroatoms. The molecular formula is C16H21NOS. The van der Waals surface area contributed by atoms with Gasteiger partial charge in [-0.2, -0.15) is 11.3 Å². The normalized spacial score (nSPS) is 12.5. The van der Waals surface area contributed by atoms with Crippen molar-refractivity contribution in [1.29, 1.82) is 0 Å². The van der Waals surface area contributed by atoms with E-state index in [1.54, 1.807) is 11.3 Å². The smallest absolute Gasteiger partial charge is 0.0922 e. The average molecular weight is 275 g/mol. The second-order valence-corrected chi connectivity index (χ2v) is 5.50. The zero-order valence-corrected chi connectivity index (χ0v) is 11.9. The molecule has 1 aromatic carbocycles. The van der Waals surface area contributed by atoms with Crippen LogP contribution >= 0.6 is 11.3 Å². The fourth-order valence-electron chi connectivity index (χ4n) is 2.05. The van der Waals surface area contributed by atoms with Crippen LogP contribution < -0.4 is 5.32 Å². The largest absolute Gasteiger partial charge is 0.387 e. The first-order chi connectivity index (χ1) is 9.36. The van der Waals surface area contributed by atoms with Crippen LogP contribution in [0.2, 0.25) is 0 Å². The van der Waals surface area contributed by atoms with Gasteiger partial charge in [0.25, 0.3) is 0 Å². The summed E-state index contributed by atoms with van der Waals surface area (Å²) < 4.78 is 0. The second kappa shape index (κ2) is 8.10. The van der Waals surface area contributed by atoms with Gasteiger partial charge in [-0.25, -0.2) is 0 Å². The molecule has 0 aliphatic carbocycles. The monoisotopic (exact) mass is 275 g/mol. The molecular weight excluding hydrogens is 254 g/mol. The molecule has 1 aromatic heterocycles. The van der Waals surface area contributed by atoms with Crippen molar-refractivity contribution in [3.8, 4) is 0 Å². The number of hydrogen-bond acceptors (Lipinski definition) is 3. The molecule has 0 bridgehead atoms. The molecule has 102 valence electrons. The molecule has 2 N–H and O–H groups in total. The maximum Gasteiger partial charge on any atom is 0.0922 e. The van der Waals surface area contributed by atoms with Crippen LogP contribution in [-0.4, -0.2) is 18.2 Å². The van der Waals surface area contributed by atoms with E-state index in [-0.39, 0.29) is 6.10 Å². The molecule has 0 aliphatic heterocycles. The Labute approximate surface area is 119 Å². The first kappa shape index (κ1) is 14.3. The number of thiophene rings is 1. The van der Waals surface area contributed by atoms with Crippen molar-refractivity contribution < 1.29 is 5.11 Å². The molecule has 0 fully saturated rings. The summed E-state index contributed by atoms with van der Waals surface area (Å²) in [5.41, 5.74) is 2.42. The Balaban J connectivity index is 1.53. The van der Waals surface area contributed by atoms with Crippen LogP contribution in [0.15, 0.2) is 47.2 Å². The molecule has 0 amide bonds. The van der Waals surface area contributed by atoms with E-state index in [0.29, 0.717) is 6.54 Å². The van der Waals surface area contributed by atoms with E-state index in [0.717, 1.165) is 24.9 Å². The van der Waals surface area contributed by atoms with Gasteiger partial charge in [-0.15, -0.1) is 0 Å². The minimum atomic E-state index is -0.375. The Morgan fingerprint density at radius 3 is 2.68 bits per heavy atom. The van der Waals surface area contributed by atoms with E-state index in [9.17, 15) is 5.11 Å². The topological polar surface area (TPSA) is 32.3 Å². The van der Waals surface area contributed by atoms with Crippen LogP contribution in [0.3, 0.4) is 0 Å². The first-order valence-corrected chi connectivity index (χ1v) is 7.75. The molecule has 1 unspecified atom stereocenters. The second-order valence-electron chi connectivity index (χ2n) is 4.72. The Bertz CT molecular complexity index is 441. The van der Waals surface area contributed by atoms with Crippen LogP contribution in [0.4, 0.5) is 0 Å². The third-order valence-electron chi connectivity index (χ3n) is 3.18. The average Bonchev–Trinajstić information content (AvgIpc) is 2.98. The number of aliphatic hydroxyl groups is 1. The molecule has 0 saturated heterocycles. The molecule has 2 aromatic rings. The molecule has 0 radical (unpaired) electrons. The van der Waals surface area contributed by atoms with Crippen LogP contribution in [0.25, 0.3) is 0 Å². The summed E-state index contributed by atoms with van der Waals surface area (Å²) in [6.07, 6.45) is 3.09. The maximum absolute atomic E-state index is 9.89. The fourth-order valence-corrected chi connectivity index (χ4v) is 2.75. The van der Waals surface area contributed by atoms with Gasteiger partial charge in [0.05, 0.1) is 6.10 Å². The SMILES string of the molecule is OC(CNCCCCc1ccccc1)c1ccsc1. The summed E-state index contributed by atoms with van der Waals surface area (Å²) in [5, 5.41) is 17.2. The highest BCUT2D eigenvalue weighted by Crippen LogP contribution is 2.15. The zero-order valence-electron chi connectivity index (χ0n) is 11.1. The summed E-state index contributed by atoms with van der Waals surface area (Å²) in [4.78, 5) is 0. The van der Waals surface area contributed by atoms with Crippen molar-refractivity contribution in [1.82, 2.24) is 5.32 Å². The lowest BCUT2D eigenvalue weighted by atomic mass is 10.1. The summed E-state index contributed by atoms with van der Waals surface area (Å²) in [6.45, 7) is 1.61. The molecule has 1 heterocycles. The number of aliphatic hydroxyl groups excluding tert-OH is 1. The fraction of sp³-hybridized carbons (Fsp3) is 0.375. The number of nitrogens with one attached hydrogen (secondary N) is 1. The van der Waals surface area contributed by atoms with Crippen LogP contribution in [0, 0.1) is 0 Å². The van der Waals surface area contributed by atoms with E-state index < -0.39 is 0 Å². The summed E-state index contributed by atoms with van der Waals surface area (Å²) in [5.74, 6) is 0. The van der Waals surface area contributed by atoms with E-state index in [1.165, 1.54) is 12.0 Å². The molecule has 1 atom stereocenters. The minimum Gasteiger partial charge on any atom is -0.387 e. The summed E-state index contributed by atoms with van der Waals surface area (Å²) >= 11 is 1.63. The standard InChI is InChI=1S/C16H21NOS/c18-16(15-9-11-19-13-15)12-17-10-5-4-8-14-6-2-1-3-7-14/h1-3,6-7,9,11,13,16-18H,4-5,8,10,12H2. The lowest BCUT2D eigenvalue weighted by molar-refractivity contribution is 0.175. The van der Waals surface area contributed by atoms with Crippen LogP contribution in [-0.2, 0) is 6.42 Å². The highest BCUT2D eigenvalue weighted by Gasteiger charge is 2.06. The van der Waals surface area contributed by atoms with Gasteiger partial charge in [0.1, 0.15) is 0 Å². The van der Waals surface area contributed by atoms with Crippen molar-refractivity contribution in [2.24, 2.45) is 0 Å². The van der Waals surface area contributed by atoms with E-state index >= 15 is 0 Å². The Morgan fingerprint density at radius 2 is 1.95 bits per heavy atom. The number of aryl methyl sites for hydroxylation is 1. The summed E-state index contributed by atoms with van der Waals surface area (Å²) in [6, 6.07) is 12.6. The Morgan fingerprint density at radius 1 is 1.11 bits per heavy atom. The Hall–Kier alpha value is -1.16. The van der Waals surface area contributed by atoms with E-state index in [1.807, 2.05) is 16.8 Å². The lowest BCUT2D eigenvalue weighted by Gasteiger charge is -2.10. The van der Waals surface area contributed by atoms with Gasteiger partial charge in [0, 0.05) is 6.54 Å². The first-order valence-electron chi connectivity index (χ1n) is 6.81. The number of hydrogen-bond donors (Lipinski definition) is 2. The van der Waals surface area contributed by atoms with Crippen LogP contribution in [0.5, 0.6) is 0 Å². The molecule has 2 nitrogen and oxygen atoms in total. The number of benzene rings is 1. The van der Waals surface area contributed by atoms with Crippen molar-refractivity contribution >= 4 is 11.3 Å². The molecule has 2 rings (SSSR count). The lowest BCUT2D eigenvalue weighted by Crippen LogP contribution is -2.22. The zero-order chi connectivity index (χ0) is 13.3. The Kier molecular flexibility index (Phi) is 6.08. The van der Waals surface area contributed by atoms with Gasteiger partial charge in [-0.05, 0) is 53.8 Å². The van der Waals surface area contributed by atoms with Gasteiger partial charge >= 0.3 is 0 Å². The third-order valence-corrected chi connectivity index (χ3v) is 3.88. The highest BCUT2D eigenvalue weighted by molar-refractivity contribution is 7.07. The molecule has 19 heavy (non-hydrogen) atoms. The van der Waals surface area contributed by atoms with Gasteiger partial charge in [0.2, 0.25) is 0 Å². The molecule has 0 spiro atoms. The van der Waals surface area contributed by atoms with Crippen molar-refractivity contribution in [2.75, 3.05) is 13.1 Å².